The van der Waals surface area contributed by atoms with Crippen LogP contribution in [0, 0.1) is 6.92 Å². The number of nitrogens with zero attached hydrogens (tertiary/aromatic N) is 2. The van der Waals surface area contributed by atoms with Crippen molar-refractivity contribution in [3.63, 3.8) is 0 Å². The number of aromatic hydroxyl groups is 1. The second kappa shape index (κ2) is 7.80. The molecule has 1 atom stereocenters. The number of pyridine rings is 1. The maximum Gasteiger partial charge on any atom is 0.284 e. The van der Waals surface area contributed by atoms with Crippen LogP contribution in [0.3, 0.4) is 0 Å². The lowest BCUT2D eigenvalue weighted by Gasteiger charge is -2.15. The lowest BCUT2D eigenvalue weighted by molar-refractivity contribution is 0.0158. The molecule has 2 aromatic rings. The summed E-state index contributed by atoms with van der Waals surface area (Å²) in [6.07, 6.45) is 0.969. The predicted octanol–water partition coefficient (Wildman–Crippen LogP) is 4.73. The van der Waals surface area contributed by atoms with Crippen molar-refractivity contribution < 1.29 is 22.7 Å². The fraction of sp³-hybridized carbons (Fsp3) is 0.333. The Hall–Kier alpha value is -2.21. The normalized spacial score (nSPS) is 12.7. The Kier molecular flexibility index (Phi) is 6.10. The third kappa shape index (κ3) is 5.63. The van der Waals surface area contributed by atoms with Gasteiger partial charge in [0.25, 0.3) is 5.66 Å². The first-order valence-electron chi connectivity index (χ1n) is 8.04. The number of nitrogens with two attached hydrogens (primary N) is 1. The van der Waals surface area contributed by atoms with E-state index in [-0.39, 0.29) is 35.7 Å². The Balaban J connectivity index is 2.29. The number of anilines is 1. The number of aromatic nitrogens is 1. The first-order chi connectivity index (χ1) is 12.4. The Morgan fingerprint density at radius 3 is 2.44 bits per heavy atom. The van der Waals surface area contributed by atoms with Gasteiger partial charge in [0.2, 0.25) is 5.92 Å². The molecule has 0 saturated heterocycles. The van der Waals surface area contributed by atoms with Gasteiger partial charge in [-0.25, -0.2) is 13.8 Å². The molecule has 0 aliphatic rings. The van der Waals surface area contributed by atoms with E-state index in [9.17, 15) is 22.7 Å². The van der Waals surface area contributed by atoms with E-state index in [1.54, 1.807) is 19.1 Å². The van der Waals surface area contributed by atoms with Crippen LogP contribution in [0.4, 0.5) is 23.4 Å². The van der Waals surface area contributed by atoms with Gasteiger partial charge in [0, 0.05) is 35.9 Å². The van der Waals surface area contributed by atoms with Crippen molar-refractivity contribution in [2.75, 3.05) is 12.3 Å². The van der Waals surface area contributed by atoms with Crippen LogP contribution in [0.2, 0.25) is 0 Å². The summed E-state index contributed by atoms with van der Waals surface area (Å²) in [5.41, 5.74) is 3.80. The number of alkyl halides is 4. The molecule has 0 amide bonds. The molecule has 0 spiro atoms. The molecule has 146 valence electrons. The molecular formula is C18H20F4N3OP. The average Bonchev–Trinajstić information content (AvgIpc) is 2.50. The lowest BCUT2D eigenvalue weighted by Crippen LogP contribution is -2.10. The third-order valence-corrected chi connectivity index (χ3v) is 4.16. The highest BCUT2D eigenvalue weighted by Gasteiger charge is 2.27. The fourth-order valence-corrected chi connectivity index (χ4v) is 2.62. The van der Waals surface area contributed by atoms with Crippen LogP contribution in [0.25, 0.3) is 11.3 Å². The highest BCUT2D eigenvalue weighted by Crippen LogP contribution is 2.41. The Morgan fingerprint density at radius 1 is 1.26 bits per heavy atom. The minimum Gasteiger partial charge on any atom is -0.507 e. The second-order valence-electron chi connectivity index (χ2n) is 6.34. The summed E-state index contributed by atoms with van der Waals surface area (Å²) < 4.78 is 52.4. The molecule has 27 heavy (non-hydrogen) atoms. The molecule has 2 rings (SSSR count). The summed E-state index contributed by atoms with van der Waals surface area (Å²) in [5, 5.41) is 10.2. The Labute approximate surface area is 156 Å². The smallest absolute Gasteiger partial charge is 0.284 e. The molecule has 0 bridgehead atoms. The highest BCUT2D eigenvalue weighted by molar-refractivity contribution is 7.17. The van der Waals surface area contributed by atoms with Crippen LogP contribution in [-0.4, -0.2) is 28.8 Å². The number of halogens is 4. The van der Waals surface area contributed by atoms with Crippen LogP contribution in [0.1, 0.15) is 30.0 Å². The van der Waals surface area contributed by atoms with Crippen molar-refractivity contribution in [2.45, 2.75) is 31.9 Å². The highest BCUT2D eigenvalue weighted by atomic mass is 31.0. The largest absolute Gasteiger partial charge is 0.507 e. The van der Waals surface area contributed by atoms with Crippen molar-refractivity contribution in [2.24, 2.45) is 4.99 Å². The van der Waals surface area contributed by atoms with Gasteiger partial charge in [0.05, 0.1) is 5.69 Å². The van der Waals surface area contributed by atoms with Crippen LogP contribution in [0.5, 0.6) is 5.75 Å². The van der Waals surface area contributed by atoms with E-state index in [2.05, 4.69) is 9.98 Å². The number of aliphatic imine (C=N–C) groups is 1. The number of nitrogen functional groups attached to an aromatic ring is 1. The Bertz CT molecular complexity index is 838. The molecule has 0 saturated carbocycles. The van der Waals surface area contributed by atoms with E-state index < -0.39 is 11.6 Å². The maximum absolute atomic E-state index is 13.4. The number of hydrogen-bond donors (Lipinski definition) is 2. The van der Waals surface area contributed by atoms with E-state index in [0.29, 0.717) is 16.8 Å². The van der Waals surface area contributed by atoms with E-state index in [1.165, 1.54) is 21.5 Å². The van der Waals surface area contributed by atoms with Gasteiger partial charge < -0.3 is 10.8 Å². The number of aryl methyl sites for hydroxylation is 1. The summed E-state index contributed by atoms with van der Waals surface area (Å²) in [4.78, 5) is 8.07. The topological polar surface area (TPSA) is 71.5 Å². The minimum atomic E-state index is -3.16. The number of phenolic OH excluding ortho intramolecular Hbond substituents is 1. The van der Waals surface area contributed by atoms with Crippen molar-refractivity contribution >= 4 is 21.3 Å². The number of benzene rings is 1. The molecule has 1 unspecified atom stereocenters. The molecule has 0 aliphatic carbocycles. The van der Waals surface area contributed by atoms with Gasteiger partial charge in [0.1, 0.15) is 11.6 Å². The molecule has 1 heterocycles. The van der Waals surface area contributed by atoms with Gasteiger partial charge in [-0.15, -0.1) is 0 Å². The fourth-order valence-electron chi connectivity index (χ4n) is 2.45. The average molecular weight is 401 g/mol. The molecular weight excluding hydrogens is 381 g/mol. The zero-order valence-electron chi connectivity index (χ0n) is 14.8. The van der Waals surface area contributed by atoms with E-state index in [0.717, 1.165) is 13.0 Å². The summed E-state index contributed by atoms with van der Waals surface area (Å²) >= 11 is 0. The minimum absolute atomic E-state index is 0.0602. The third-order valence-electron chi connectivity index (χ3n) is 3.82. The van der Waals surface area contributed by atoms with E-state index in [4.69, 9.17) is 5.73 Å². The molecule has 0 fully saturated rings. The number of hydrogen-bond acceptors (Lipinski definition) is 4. The monoisotopic (exact) mass is 401 g/mol. The van der Waals surface area contributed by atoms with E-state index >= 15 is 0 Å². The first-order valence-corrected chi connectivity index (χ1v) is 8.61. The van der Waals surface area contributed by atoms with Gasteiger partial charge in [0.15, 0.2) is 0 Å². The van der Waals surface area contributed by atoms with Gasteiger partial charge in [-0.2, -0.15) is 8.78 Å². The molecule has 4 nitrogen and oxygen atoms in total. The second-order valence-corrected chi connectivity index (χ2v) is 7.06. The summed E-state index contributed by atoms with van der Waals surface area (Å²) in [7, 11) is 1.42. The van der Waals surface area contributed by atoms with E-state index in [1.807, 2.05) is 0 Å². The molecule has 9 heteroatoms. The standard InChI is InChI=1S/C18H20F4N3OP/c1-10-7-12(18(21,22)27)8-14(26)15(10)13-4-3-11(16(23)25-13)9-24-6-5-17(2,19)20/h3-4,7-9,26H,5-6,27H2,1-2H3,(H2,23,25). The molecule has 1 aromatic heterocycles. The van der Waals surface area contributed by atoms with Crippen LogP contribution >= 0.6 is 9.24 Å². The van der Waals surface area contributed by atoms with Crippen LogP contribution < -0.4 is 5.73 Å². The predicted molar refractivity (Wildman–Crippen MR) is 102 cm³/mol. The summed E-state index contributed by atoms with van der Waals surface area (Å²) in [6, 6.07) is 5.36. The van der Waals surface area contributed by atoms with Crippen molar-refractivity contribution in [3.8, 4) is 17.0 Å². The van der Waals surface area contributed by atoms with Crippen molar-refractivity contribution in [1.29, 1.82) is 0 Å². The van der Waals surface area contributed by atoms with Crippen LogP contribution in [0.15, 0.2) is 29.3 Å². The summed E-state index contributed by atoms with van der Waals surface area (Å²) in [5.74, 6) is -3.05. The molecule has 3 N–H and O–H groups in total. The first kappa shape index (κ1) is 21.1. The zero-order valence-corrected chi connectivity index (χ0v) is 16.0. The molecule has 0 radical (unpaired) electrons. The maximum atomic E-state index is 13.4. The van der Waals surface area contributed by atoms with Crippen LogP contribution in [-0.2, 0) is 5.66 Å². The van der Waals surface area contributed by atoms with Gasteiger partial charge >= 0.3 is 0 Å². The van der Waals surface area contributed by atoms with Gasteiger partial charge in [-0.3, -0.25) is 4.99 Å². The molecule has 0 aliphatic heterocycles. The quantitative estimate of drug-likeness (QED) is 0.418. The Morgan fingerprint density at radius 2 is 1.93 bits per heavy atom. The van der Waals surface area contributed by atoms with Gasteiger partial charge in [-0.1, -0.05) is 9.24 Å². The molecule has 1 aromatic carbocycles. The van der Waals surface area contributed by atoms with Crippen molar-refractivity contribution in [1.82, 2.24) is 4.98 Å². The van der Waals surface area contributed by atoms with Gasteiger partial charge in [-0.05, 0) is 43.7 Å². The summed E-state index contributed by atoms with van der Waals surface area (Å²) in [6.45, 7) is 2.34. The lowest BCUT2D eigenvalue weighted by atomic mass is 10.00. The number of rotatable bonds is 6. The SMILES string of the molecule is Cc1cc(C(F)(F)P)cc(O)c1-c1ccc(C=NCCC(C)(F)F)c(N)n1. The zero-order chi connectivity index (χ0) is 20.4. The van der Waals surface area contributed by atoms with Crippen molar-refractivity contribution in [3.05, 3.63) is 41.0 Å². The number of phenols is 1.